The Balaban J connectivity index is 0.856. The standard InChI is InChI=1S/C42H45N9O5/c1-48-23-33(32-21-43-46-39(32)41(48)53)28-18-36(55-2)34(37(19-28)56-3)24-49-13-11-30-26(5-4-6-27(30)22-49)17-25-9-14-50(15-10-25)29-7-8-31-35(20-29)45-47-40(31)51-16-12-38(52)44-42(51)54/h4-8,18-21,23,25H,9-17,22,24H2,1-3H3,(H,43,46)(H,45,47)(H,44,52,54). The van der Waals surface area contributed by atoms with Gasteiger partial charge >= 0.3 is 6.03 Å². The number of pyridine rings is 1. The van der Waals surface area contributed by atoms with Crippen molar-refractivity contribution in [2.45, 2.75) is 45.2 Å². The summed E-state index contributed by atoms with van der Waals surface area (Å²) >= 11 is 0. The molecule has 0 bridgehead atoms. The molecule has 0 aliphatic carbocycles. The summed E-state index contributed by atoms with van der Waals surface area (Å²) in [7, 11) is 5.12. The number of carbonyl (C=O) groups is 2. The lowest BCUT2D eigenvalue weighted by Crippen LogP contribution is -2.49. The van der Waals surface area contributed by atoms with Gasteiger partial charge in [0.05, 0.1) is 31.5 Å². The first-order chi connectivity index (χ1) is 27.3. The van der Waals surface area contributed by atoms with Crippen LogP contribution in [0.4, 0.5) is 16.3 Å². The van der Waals surface area contributed by atoms with Gasteiger partial charge in [0.15, 0.2) is 5.82 Å². The zero-order valence-electron chi connectivity index (χ0n) is 31.9. The minimum Gasteiger partial charge on any atom is -0.496 e. The molecule has 0 saturated carbocycles. The lowest BCUT2D eigenvalue weighted by atomic mass is 9.85. The number of rotatable bonds is 9. The van der Waals surface area contributed by atoms with Crippen LogP contribution in [0.3, 0.4) is 0 Å². The van der Waals surface area contributed by atoms with Crippen LogP contribution in [0.25, 0.3) is 32.9 Å². The predicted octanol–water partition coefficient (Wildman–Crippen LogP) is 5.29. The second-order valence-corrected chi connectivity index (χ2v) is 15.2. The number of urea groups is 1. The Bertz CT molecular complexity index is 2520. The first kappa shape index (κ1) is 35.5. The molecule has 14 nitrogen and oxygen atoms in total. The number of nitrogens with zero attached hydrogens (tertiary/aromatic N) is 6. The number of fused-ring (bicyclic) bond motifs is 3. The van der Waals surface area contributed by atoms with Gasteiger partial charge in [-0.2, -0.15) is 10.2 Å². The van der Waals surface area contributed by atoms with E-state index >= 15 is 0 Å². The SMILES string of the molecule is COc1cc(-c2cn(C)c(=O)c3[nH]ncc23)cc(OC)c1CN1CCc2c(CC3CCN(c4ccc5c(N6CCC(=O)NC6=O)n[nH]c5c4)CC3)cccc2C1. The van der Waals surface area contributed by atoms with Crippen LogP contribution in [0.2, 0.25) is 0 Å². The third kappa shape index (κ3) is 6.43. The van der Waals surface area contributed by atoms with Crippen LogP contribution in [0, 0.1) is 5.92 Å². The van der Waals surface area contributed by atoms with Crippen molar-refractivity contribution in [2.24, 2.45) is 13.0 Å². The molecule has 2 fully saturated rings. The zero-order chi connectivity index (χ0) is 38.5. The molecule has 3 aliphatic heterocycles. The van der Waals surface area contributed by atoms with E-state index in [1.807, 2.05) is 24.4 Å². The van der Waals surface area contributed by atoms with Gasteiger partial charge in [0.1, 0.15) is 17.0 Å². The Labute approximate surface area is 323 Å². The molecule has 3 N–H and O–H groups in total. The second-order valence-electron chi connectivity index (χ2n) is 15.2. The maximum atomic E-state index is 12.7. The van der Waals surface area contributed by atoms with Crippen LogP contribution >= 0.6 is 0 Å². The average molecular weight is 756 g/mol. The Kier molecular flexibility index (Phi) is 9.20. The summed E-state index contributed by atoms with van der Waals surface area (Å²) in [4.78, 5) is 43.1. The molecule has 14 heteroatoms. The van der Waals surface area contributed by atoms with Crippen LogP contribution < -0.4 is 30.1 Å². The van der Waals surface area contributed by atoms with Gasteiger partial charge in [-0.3, -0.25) is 34.9 Å². The number of aryl methyl sites for hydroxylation is 1. The number of ether oxygens (including phenoxy) is 2. The number of methoxy groups -OCH3 is 2. The van der Waals surface area contributed by atoms with E-state index in [0.717, 1.165) is 102 Å². The number of H-pyrrole nitrogens is 2. The van der Waals surface area contributed by atoms with Crippen molar-refractivity contribution in [3.63, 3.8) is 0 Å². The molecule has 0 unspecified atom stereocenters. The van der Waals surface area contributed by atoms with Crippen LogP contribution in [-0.4, -0.2) is 82.2 Å². The Morgan fingerprint density at radius 2 is 1.70 bits per heavy atom. The molecule has 288 valence electrons. The summed E-state index contributed by atoms with van der Waals surface area (Å²) in [5.74, 6) is 2.39. The molecule has 3 amide bonds. The number of aromatic amines is 2. The number of anilines is 2. The third-order valence-corrected chi connectivity index (χ3v) is 11.9. The number of carbonyl (C=O) groups excluding carboxylic acids is 2. The fourth-order valence-corrected chi connectivity index (χ4v) is 8.84. The lowest BCUT2D eigenvalue weighted by Gasteiger charge is -2.35. The highest BCUT2D eigenvalue weighted by molar-refractivity contribution is 6.09. The molecule has 0 spiro atoms. The molecular formula is C42H45N9O5. The largest absolute Gasteiger partial charge is 0.496 e. The number of hydrogen-bond donors (Lipinski definition) is 3. The van der Waals surface area contributed by atoms with E-state index in [-0.39, 0.29) is 17.9 Å². The topological polar surface area (TPSA) is 154 Å². The van der Waals surface area contributed by atoms with Crippen molar-refractivity contribution >= 4 is 45.2 Å². The molecule has 9 rings (SSSR count). The highest BCUT2D eigenvalue weighted by Crippen LogP contribution is 2.39. The minimum atomic E-state index is -0.432. The van der Waals surface area contributed by atoms with Gasteiger partial charge in [-0.05, 0) is 84.2 Å². The Morgan fingerprint density at radius 1 is 0.893 bits per heavy atom. The van der Waals surface area contributed by atoms with E-state index in [2.05, 4.69) is 65.8 Å². The fourth-order valence-electron chi connectivity index (χ4n) is 8.84. The summed E-state index contributed by atoms with van der Waals surface area (Å²) in [6.07, 6.45) is 8.09. The van der Waals surface area contributed by atoms with E-state index in [0.29, 0.717) is 30.3 Å². The van der Waals surface area contributed by atoms with Crippen molar-refractivity contribution in [3.8, 4) is 22.6 Å². The predicted molar refractivity (Wildman–Crippen MR) is 214 cm³/mol. The monoisotopic (exact) mass is 755 g/mol. The van der Waals surface area contributed by atoms with Crippen molar-refractivity contribution in [1.29, 1.82) is 0 Å². The lowest BCUT2D eigenvalue weighted by molar-refractivity contribution is -0.120. The maximum Gasteiger partial charge on any atom is 0.329 e. The Morgan fingerprint density at radius 3 is 2.46 bits per heavy atom. The summed E-state index contributed by atoms with van der Waals surface area (Å²) in [6.45, 7) is 4.75. The number of hydrogen-bond acceptors (Lipinski definition) is 9. The minimum absolute atomic E-state index is 0.125. The van der Waals surface area contributed by atoms with Gasteiger partial charge < -0.3 is 18.9 Å². The van der Waals surface area contributed by atoms with Crippen LogP contribution in [0.15, 0.2) is 65.7 Å². The molecular weight excluding hydrogens is 711 g/mol. The van der Waals surface area contributed by atoms with Gasteiger partial charge in [-0.1, -0.05) is 18.2 Å². The van der Waals surface area contributed by atoms with Crippen LogP contribution in [0.5, 0.6) is 11.5 Å². The van der Waals surface area contributed by atoms with E-state index < -0.39 is 6.03 Å². The second kappa shape index (κ2) is 14.5. The van der Waals surface area contributed by atoms with E-state index in [1.54, 1.807) is 32.0 Å². The third-order valence-electron chi connectivity index (χ3n) is 11.9. The van der Waals surface area contributed by atoms with Crippen LogP contribution in [0.1, 0.15) is 41.5 Å². The summed E-state index contributed by atoms with van der Waals surface area (Å²) in [6, 6.07) is 16.7. The first-order valence-corrected chi connectivity index (χ1v) is 19.2. The van der Waals surface area contributed by atoms with Crippen molar-refractivity contribution in [2.75, 3.05) is 50.2 Å². The molecule has 6 heterocycles. The van der Waals surface area contributed by atoms with E-state index in [9.17, 15) is 14.4 Å². The zero-order valence-corrected chi connectivity index (χ0v) is 31.9. The van der Waals surface area contributed by atoms with Crippen molar-refractivity contribution in [1.82, 2.24) is 35.2 Å². The van der Waals surface area contributed by atoms with Gasteiger partial charge in [0, 0.05) is 81.0 Å². The fraction of sp³-hybridized carbons (Fsp3) is 0.357. The van der Waals surface area contributed by atoms with Crippen molar-refractivity contribution < 1.29 is 19.1 Å². The molecule has 56 heavy (non-hydrogen) atoms. The molecule has 6 aromatic rings. The van der Waals surface area contributed by atoms with Crippen LogP contribution in [-0.2, 0) is 37.8 Å². The summed E-state index contributed by atoms with van der Waals surface area (Å²) in [5.41, 5.74) is 9.47. The van der Waals surface area contributed by atoms with E-state index in [1.165, 1.54) is 21.6 Å². The van der Waals surface area contributed by atoms with Gasteiger partial charge in [0.25, 0.3) is 5.56 Å². The normalized spacial score (nSPS) is 16.8. The number of imide groups is 1. The van der Waals surface area contributed by atoms with Gasteiger partial charge in [0.2, 0.25) is 5.91 Å². The molecule has 3 aliphatic rings. The smallest absolute Gasteiger partial charge is 0.329 e. The molecule has 2 saturated heterocycles. The number of nitrogens with one attached hydrogen (secondary N) is 3. The number of benzene rings is 3. The van der Waals surface area contributed by atoms with E-state index in [4.69, 9.17) is 9.47 Å². The summed E-state index contributed by atoms with van der Waals surface area (Å²) in [5, 5.41) is 18.5. The first-order valence-electron chi connectivity index (χ1n) is 19.2. The number of amides is 3. The summed E-state index contributed by atoms with van der Waals surface area (Å²) < 4.78 is 13.5. The average Bonchev–Trinajstić information content (AvgIpc) is 3.88. The quantitative estimate of drug-likeness (QED) is 0.179. The highest BCUT2D eigenvalue weighted by atomic mass is 16.5. The number of piperidine rings is 1. The molecule has 3 aromatic heterocycles. The number of aromatic nitrogens is 5. The molecule has 3 aromatic carbocycles. The van der Waals surface area contributed by atoms with Crippen molar-refractivity contribution in [3.05, 3.63) is 93.5 Å². The molecule has 0 atom stereocenters. The highest BCUT2D eigenvalue weighted by Gasteiger charge is 2.29. The maximum absolute atomic E-state index is 12.7. The Hall–Kier alpha value is -6.15. The van der Waals surface area contributed by atoms with Gasteiger partial charge in [-0.15, -0.1) is 0 Å². The molecule has 0 radical (unpaired) electrons. The van der Waals surface area contributed by atoms with Gasteiger partial charge in [-0.25, -0.2) is 4.79 Å².